The molecule has 0 bridgehead atoms. The minimum Gasteiger partial charge on any atom is -0.388 e. The van der Waals surface area contributed by atoms with Gasteiger partial charge in [-0.25, -0.2) is 4.98 Å². The van der Waals surface area contributed by atoms with Crippen molar-refractivity contribution in [3.05, 3.63) is 33.0 Å². The first kappa shape index (κ1) is 16.4. The lowest BCUT2D eigenvalue weighted by atomic mass is 10.1. The fraction of sp³-hybridized carbons (Fsp3) is 0.533. The Kier molecular flexibility index (Phi) is 5.75. The quantitative estimate of drug-likeness (QED) is 0.821. The number of thiazole rings is 1. The van der Waals surface area contributed by atoms with Crippen molar-refractivity contribution in [3.63, 3.8) is 0 Å². The van der Waals surface area contributed by atoms with E-state index < -0.39 is 0 Å². The number of aromatic nitrogens is 1. The summed E-state index contributed by atoms with van der Waals surface area (Å²) in [6.07, 6.45) is 0.339. The van der Waals surface area contributed by atoms with E-state index in [9.17, 15) is 5.11 Å². The normalized spacial score (nSPS) is 14.1. The lowest BCUT2D eigenvalue weighted by Gasteiger charge is -2.16. The van der Waals surface area contributed by atoms with Crippen molar-refractivity contribution in [2.24, 2.45) is 0 Å². The van der Waals surface area contributed by atoms with E-state index in [1.807, 2.05) is 43.4 Å². The number of aliphatic hydroxyl groups excluding tert-OH is 1. The number of anilines is 1. The Morgan fingerprint density at radius 2 is 2.19 bits per heavy atom. The van der Waals surface area contributed by atoms with Gasteiger partial charge >= 0.3 is 0 Å². The summed E-state index contributed by atoms with van der Waals surface area (Å²) < 4.78 is 0. The van der Waals surface area contributed by atoms with Crippen molar-refractivity contribution in [2.75, 3.05) is 19.0 Å². The third-order valence-electron chi connectivity index (χ3n) is 3.32. The fourth-order valence-corrected chi connectivity index (χ4v) is 3.71. The molecule has 0 spiro atoms. The number of hydrogen-bond donors (Lipinski definition) is 2. The summed E-state index contributed by atoms with van der Waals surface area (Å²) in [6, 6.07) is 4.22. The number of nitrogens with one attached hydrogen (secondary N) is 1. The first-order valence-corrected chi connectivity index (χ1v) is 8.75. The van der Waals surface area contributed by atoms with Gasteiger partial charge in [0, 0.05) is 36.4 Å². The zero-order valence-corrected chi connectivity index (χ0v) is 14.6. The minimum atomic E-state index is -0.382. The highest BCUT2D eigenvalue weighted by Gasteiger charge is 2.14. The summed E-state index contributed by atoms with van der Waals surface area (Å²) in [6.45, 7) is 4.96. The first-order chi connectivity index (χ1) is 9.97. The van der Waals surface area contributed by atoms with Crippen molar-refractivity contribution < 1.29 is 5.11 Å². The van der Waals surface area contributed by atoms with Crippen LogP contribution in [0.3, 0.4) is 0 Å². The van der Waals surface area contributed by atoms with Gasteiger partial charge in [0.2, 0.25) is 0 Å². The van der Waals surface area contributed by atoms with Crippen molar-refractivity contribution in [1.29, 1.82) is 0 Å². The van der Waals surface area contributed by atoms with E-state index in [4.69, 9.17) is 0 Å². The molecule has 0 saturated heterocycles. The number of aliphatic hydroxyl groups is 1. The van der Waals surface area contributed by atoms with E-state index in [-0.39, 0.29) is 12.1 Å². The molecule has 0 saturated carbocycles. The average molecular weight is 326 g/mol. The summed E-state index contributed by atoms with van der Waals surface area (Å²) in [5.74, 6) is 0. The molecule has 0 radical (unpaired) electrons. The standard InChI is InChI=1S/C15H23N3OS2/c1-10(8-12(19)13-6-5-7-20-13)16-9-14-11(2)17-15(21-14)18(3)4/h5-7,10,12,16,19H,8-9H2,1-4H3. The highest BCUT2D eigenvalue weighted by Crippen LogP contribution is 2.25. The van der Waals surface area contributed by atoms with Gasteiger partial charge in [-0.15, -0.1) is 22.7 Å². The molecule has 2 heterocycles. The maximum Gasteiger partial charge on any atom is 0.185 e. The Morgan fingerprint density at radius 3 is 2.76 bits per heavy atom. The van der Waals surface area contributed by atoms with Crippen molar-refractivity contribution in [2.45, 2.75) is 39.0 Å². The van der Waals surface area contributed by atoms with Crippen molar-refractivity contribution in [3.8, 4) is 0 Å². The van der Waals surface area contributed by atoms with Gasteiger partial charge < -0.3 is 15.3 Å². The SMILES string of the molecule is Cc1nc(N(C)C)sc1CNC(C)CC(O)c1cccs1. The van der Waals surface area contributed by atoms with Gasteiger partial charge in [-0.1, -0.05) is 6.07 Å². The van der Waals surface area contributed by atoms with Crippen LogP contribution in [0.2, 0.25) is 0 Å². The second kappa shape index (κ2) is 7.35. The first-order valence-electron chi connectivity index (χ1n) is 7.06. The third kappa shape index (κ3) is 4.51. The zero-order valence-electron chi connectivity index (χ0n) is 13.0. The van der Waals surface area contributed by atoms with Gasteiger partial charge in [-0.05, 0) is 31.7 Å². The van der Waals surface area contributed by atoms with E-state index in [2.05, 4.69) is 17.2 Å². The summed E-state index contributed by atoms with van der Waals surface area (Å²) in [5, 5.41) is 16.7. The topological polar surface area (TPSA) is 48.4 Å². The van der Waals surface area contributed by atoms with Gasteiger partial charge in [0.15, 0.2) is 5.13 Å². The molecule has 2 rings (SSSR count). The van der Waals surface area contributed by atoms with Gasteiger partial charge in [0.1, 0.15) is 0 Å². The van der Waals surface area contributed by atoms with E-state index in [0.717, 1.165) is 28.7 Å². The Bertz CT molecular complexity index is 551. The van der Waals surface area contributed by atoms with E-state index in [0.29, 0.717) is 0 Å². The molecule has 2 atom stereocenters. The van der Waals surface area contributed by atoms with Crippen molar-refractivity contribution >= 4 is 27.8 Å². The molecule has 0 fully saturated rings. The molecule has 116 valence electrons. The number of aryl methyl sites for hydroxylation is 1. The van der Waals surface area contributed by atoms with Crippen LogP contribution < -0.4 is 10.2 Å². The molecule has 2 aromatic rings. The Balaban J connectivity index is 1.85. The number of rotatable bonds is 7. The molecule has 2 N–H and O–H groups in total. The number of thiophene rings is 1. The van der Waals surface area contributed by atoms with Gasteiger partial charge in [0.05, 0.1) is 11.8 Å². The maximum atomic E-state index is 10.2. The predicted molar refractivity (Wildman–Crippen MR) is 91.4 cm³/mol. The zero-order chi connectivity index (χ0) is 15.4. The lowest BCUT2D eigenvalue weighted by molar-refractivity contribution is 0.157. The second-order valence-electron chi connectivity index (χ2n) is 5.45. The monoisotopic (exact) mass is 325 g/mol. The fourth-order valence-electron chi connectivity index (χ4n) is 2.05. The molecule has 0 aliphatic rings. The second-order valence-corrected chi connectivity index (χ2v) is 7.49. The summed E-state index contributed by atoms with van der Waals surface area (Å²) in [7, 11) is 4.02. The van der Waals surface area contributed by atoms with Crippen LogP contribution in [0, 0.1) is 6.92 Å². The van der Waals surface area contributed by atoms with E-state index in [1.165, 1.54) is 4.88 Å². The number of nitrogens with zero attached hydrogens (tertiary/aromatic N) is 2. The average Bonchev–Trinajstić information content (AvgIpc) is 3.05. The van der Waals surface area contributed by atoms with Crippen LogP contribution >= 0.6 is 22.7 Å². The summed E-state index contributed by atoms with van der Waals surface area (Å²) in [4.78, 5) is 8.87. The number of hydrogen-bond acceptors (Lipinski definition) is 6. The third-order valence-corrected chi connectivity index (χ3v) is 5.62. The minimum absolute atomic E-state index is 0.256. The van der Waals surface area contributed by atoms with Crippen molar-refractivity contribution in [1.82, 2.24) is 10.3 Å². The van der Waals surface area contributed by atoms with Crippen LogP contribution in [0.15, 0.2) is 17.5 Å². The lowest BCUT2D eigenvalue weighted by Crippen LogP contribution is -2.27. The van der Waals surface area contributed by atoms with E-state index in [1.54, 1.807) is 22.7 Å². The predicted octanol–water partition coefficient (Wildman–Crippen LogP) is 3.18. The molecule has 4 nitrogen and oxygen atoms in total. The van der Waals surface area contributed by atoms with Crippen LogP contribution in [-0.4, -0.2) is 30.2 Å². The Labute approximate surface area is 134 Å². The Morgan fingerprint density at radius 1 is 1.43 bits per heavy atom. The molecule has 0 amide bonds. The van der Waals surface area contributed by atoms with Gasteiger partial charge in [-0.2, -0.15) is 0 Å². The van der Waals surface area contributed by atoms with Crippen LogP contribution in [-0.2, 0) is 6.54 Å². The van der Waals surface area contributed by atoms with Gasteiger partial charge in [-0.3, -0.25) is 0 Å². The van der Waals surface area contributed by atoms with Crippen LogP contribution in [0.5, 0.6) is 0 Å². The maximum absolute atomic E-state index is 10.2. The Hall–Kier alpha value is -0.950. The largest absolute Gasteiger partial charge is 0.388 e. The van der Waals surface area contributed by atoms with Crippen LogP contribution in [0.4, 0.5) is 5.13 Å². The smallest absolute Gasteiger partial charge is 0.185 e. The van der Waals surface area contributed by atoms with Crippen LogP contribution in [0.25, 0.3) is 0 Å². The molecule has 6 heteroatoms. The van der Waals surface area contributed by atoms with Gasteiger partial charge in [0.25, 0.3) is 0 Å². The van der Waals surface area contributed by atoms with E-state index >= 15 is 0 Å². The molecule has 0 aliphatic carbocycles. The molecular formula is C15H23N3OS2. The summed E-state index contributed by atoms with van der Waals surface area (Å²) in [5.41, 5.74) is 1.09. The molecular weight excluding hydrogens is 302 g/mol. The molecule has 0 aromatic carbocycles. The molecule has 2 unspecified atom stereocenters. The highest BCUT2D eigenvalue weighted by molar-refractivity contribution is 7.15. The van der Waals surface area contributed by atoms with Crippen LogP contribution in [0.1, 0.15) is 34.9 Å². The molecule has 2 aromatic heterocycles. The molecule has 21 heavy (non-hydrogen) atoms. The molecule has 0 aliphatic heterocycles. The highest BCUT2D eigenvalue weighted by atomic mass is 32.1. The summed E-state index contributed by atoms with van der Waals surface area (Å²) >= 11 is 3.32.